The van der Waals surface area contributed by atoms with Gasteiger partial charge in [0.2, 0.25) is 10.0 Å². The van der Waals surface area contributed by atoms with E-state index in [0.717, 1.165) is 38.1 Å². The van der Waals surface area contributed by atoms with Crippen LogP contribution in [0.2, 0.25) is 0 Å². The van der Waals surface area contributed by atoms with Crippen molar-refractivity contribution in [1.29, 1.82) is 0 Å². The summed E-state index contributed by atoms with van der Waals surface area (Å²) in [6.07, 6.45) is 2.48. The Balaban J connectivity index is 1.89. The summed E-state index contributed by atoms with van der Waals surface area (Å²) >= 11 is 0. The van der Waals surface area contributed by atoms with E-state index in [1.54, 1.807) is 0 Å². The SMILES string of the molecule is O=S(=O)(NC[C@H](O)CN1CCCCC1)c1ccc(F)c(F)c1. The first-order chi connectivity index (χ1) is 10.4. The highest BCUT2D eigenvalue weighted by atomic mass is 32.2. The smallest absolute Gasteiger partial charge is 0.240 e. The summed E-state index contributed by atoms with van der Waals surface area (Å²) in [5.41, 5.74) is 0. The van der Waals surface area contributed by atoms with E-state index in [1.165, 1.54) is 6.42 Å². The lowest BCUT2D eigenvalue weighted by atomic mass is 10.1. The Kier molecular flexibility index (Phi) is 5.85. The maximum Gasteiger partial charge on any atom is 0.240 e. The van der Waals surface area contributed by atoms with Crippen molar-refractivity contribution >= 4 is 10.0 Å². The highest BCUT2D eigenvalue weighted by Crippen LogP contribution is 2.14. The molecule has 0 saturated carbocycles. The van der Waals surface area contributed by atoms with Crippen molar-refractivity contribution in [3.63, 3.8) is 0 Å². The van der Waals surface area contributed by atoms with E-state index in [4.69, 9.17) is 0 Å². The molecule has 0 amide bonds. The number of aliphatic hydroxyl groups excluding tert-OH is 1. The summed E-state index contributed by atoms with van der Waals surface area (Å²) < 4.78 is 52.1. The number of nitrogens with zero attached hydrogens (tertiary/aromatic N) is 1. The van der Waals surface area contributed by atoms with Crippen LogP contribution in [-0.4, -0.2) is 50.7 Å². The molecule has 1 aliphatic rings. The average molecular weight is 334 g/mol. The number of hydrogen-bond donors (Lipinski definition) is 2. The van der Waals surface area contributed by atoms with Crippen molar-refractivity contribution in [3.8, 4) is 0 Å². The fourth-order valence-electron chi connectivity index (χ4n) is 2.44. The third kappa shape index (κ3) is 4.70. The number of β-amino-alcohol motifs (C(OH)–C–C–N with tert-alkyl or cyclic N) is 1. The Bertz CT molecular complexity index is 604. The van der Waals surface area contributed by atoms with Crippen LogP contribution < -0.4 is 4.72 Å². The predicted molar refractivity (Wildman–Crippen MR) is 77.8 cm³/mol. The third-order valence-corrected chi connectivity index (χ3v) is 5.05. The minimum absolute atomic E-state index is 0.169. The first kappa shape index (κ1) is 17.3. The lowest BCUT2D eigenvalue weighted by Crippen LogP contribution is -2.42. The molecule has 1 heterocycles. The van der Waals surface area contributed by atoms with E-state index in [0.29, 0.717) is 12.6 Å². The van der Waals surface area contributed by atoms with Gasteiger partial charge in [0.1, 0.15) is 0 Å². The quantitative estimate of drug-likeness (QED) is 0.817. The second-order valence-electron chi connectivity index (χ2n) is 5.44. The molecule has 1 fully saturated rings. The summed E-state index contributed by atoms with van der Waals surface area (Å²) in [5, 5.41) is 9.91. The zero-order valence-corrected chi connectivity index (χ0v) is 13.0. The molecule has 8 heteroatoms. The second kappa shape index (κ2) is 7.45. The Labute approximate surface area is 129 Å². The van der Waals surface area contributed by atoms with Crippen molar-refractivity contribution in [2.75, 3.05) is 26.2 Å². The van der Waals surface area contributed by atoms with Crippen LogP contribution in [0.5, 0.6) is 0 Å². The maximum absolute atomic E-state index is 13.1. The van der Waals surface area contributed by atoms with Crippen molar-refractivity contribution in [3.05, 3.63) is 29.8 Å². The van der Waals surface area contributed by atoms with Crippen LogP contribution in [0.4, 0.5) is 8.78 Å². The van der Waals surface area contributed by atoms with Crippen LogP contribution in [0.3, 0.4) is 0 Å². The van der Waals surface area contributed by atoms with Gasteiger partial charge in [-0.15, -0.1) is 0 Å². The first-order valence-electron chi connectivity index (χ1n) is 7.23. The van der Waals surface area contributed by atoms with Gasteiger partial charge >= 0.3 is 0 Å². The van der Waals surface area contributed by atoms with Gasteiger partial charge < -0.3 is 10.0 Å². The Hall–Kier alpha value is -1.09. The van der Waals surface area contributed by atoms with Crippen LogP contribution in [0.1, 0.15) is 19.3 Å². The van der Waals surface area contributed by atoms with Crippen LogP contribution in [0.15, 0.2) is 23.1 Å². The minimum Gasteiger partial charge on any atom is -0.390 e. The van der Waals surface area contributed by atoms with Gasteiger partial charge in [-0.2, -0.15) is 0 Å². The molecule has 2 rings (SSSR count). The monoisotopic (exact) mass is 334 g/mol. The fourth-order valence-corrected chi connectivity index (χ4v) is 3.52. The van der Waals surface area contributed by atoms with E-state index >= 15 is 0 Å². The molecule has 0 radical (unpaired) electrons. The molecule has 22 heavy (non-hydrogen) atoms. The molecular weight excluding hydrogens is 314 g/mol. The highest BCUT2D eigenvalue weighted by molar-refractivity contribution is 7.89. The number of rotatable bonds is 6. The molecule has 0 aromatic heterocycles. The van der Waals surface area contributed by atoms with Crippen LogP contribution in [0.25, 0.3) is 0 Å². The molecule has 0 unspecified atom stereocenters. The predicted octanol–water partition coefficient (Wildman–Crippen LogP) is 1.09. The summed E-state index contributed by atoms with van der Waals surface area (Å²) in [7, 11) is -3.97. The van der Waals surface area contributed by atoms with Crippen molar-refractivity contribution in [2.45, 2.75) is 30.3 Å². The number of likely N-dealkylation sites (tertiary alicyclic amines) is 1. The number of halogens is 2. The molecule has 1 atom stereocenters. The lowest BCUT2D eigenvalue weighted by molar-refractivity contribution is 0.104. The first-order valence-corrected chi connectivity index (χ1v) is 8.72. The summed E-state index contributed by atoms with van der Waals surface area (Å²) in [6, 6.07) is 2.36. The molecule has 2 N–H and O–H groups in total. The topological polar surface area (TPSA) is 69.6 Å². The summed E-state index contributed by atoms with van der Waals surface area (Å²) in [4.78, 5) is 1.72. The van der Waals surface area contributed by atoms with Gasteiger partial charge in [-0.05, 0) is 44.1 Å². The van der Waals surface area contributed by atoms with E-state index in [2.05, 4.69) is 9.62 Å². The standard InChI is InChI=1S/C14H20F2N2O3S/c15-13-5-4-12(8-14(13)16)22(20,21)17-9-11(19)10-18-6-2-1-3-7-18/h4-5,8,11,17,19H,1-3,6-7,9-10H2/t11-/m0/s1. The van der Waals surface area contributed by atoms with Gasteiger partial charge in [0.15, 0.2) is 11.6 Å². The Morgan fingerprint density at radius 2 is 1.86 bits per heavy atom. The molecule has 5 nitrogen and oxygen atoms in total. The third-order valence-electron chi connectivity index (χ3n) is 3.63. The van der Waals surface area contributed by atoms with Crippen molar-refractivity contribution in [2.24, 2.45) is 0 Å². The van der Waals surface area contributed by atoms with Gasteiger partial charge in [0.05, 0.1) is 11.0 Å². The largest absolute Gasteiger partial charge is 0.390 e. The van der Waals surface area contributed by atoms with Crippen molar-refractivity contribution < 1.29 is 22.3 Å². The molecule has 124 valence electrons. The van der Waals surface area contributed by atoms with Gasteiger partial charge in [-0.1, -0.05) is 6.42 Å². The van der Waals surface area contributed by atoms with E-state index in [9.17, 15) is 22.3 Å². The zero-order valence-electron chi connectivity index (χ0n) is 12.1. The van der Waals surface area contributed by atoms with E-state index < -0.39 is 27.8 Å². The van der Waals surface area contributed by atoms with Gasteiger partial charge in [-0.3, -0.25) is 0 Å². The normalized spacial score (nSPS) is 18.3. The minimum atomic E-state index is -3.97. The van der Waals surface area contributed by atoms with E-state index in [1.807, 2.05) is 0 Å². The number of piperidine rings is 1. The molecule has 1 aliphatic heterocycles. The Morgan fingerprint density at radius 1 is 1.18 bits per heavy atom. The number of nitrogens with one attached hydrogen (secondary N) is 1. The van der Waals surface area contributed by atoms with Gasteiger partial charge in [-0.25, -0.2) is 21.9 Å². The van der Waals surface area contributed by atoms with Crippen LogP contribution >= 0.6 is 0 Å². The second-order valence-corrected chi connectivity index (χ2v) is 7.21. The number of sulfonamides is 1. The van der Waals surface area contributed by atoms with Gasteiger partial charge in [0, 0.05) is 13.1 Å². The zero-order chi connectivity index (χ0) is 16.2. The molecule has 0 bridgehead atoms. The lowest BCUT2D eigenvalue weighted by Gasteiger charge is -2.28. The Morgan fingerprint density at radius 3 is 2.50 bits per heavy atom. The molecule has 1 aromatic carbocycles. The fraction of sp³-hybridized carbons (Fsp3) is 0.571. The molecule has 0 spiro atoms. The molecule has 1 aromatic rings. The number of hydrogen-bond acceptors (Lipinski definition) is 4. The molecule has 0 aliphatic carbocycles. The highest BCUT2D eigenvalue weighted by Gasteiger charge is 2.19. The van der Waals surface area contributed by atoms with Crippen LogP contribution in [-0.2, 0) is 10.0 Å². The van der Waals surface area contributed by atoms with E-state index in [-0.39, 0.29) is 11.4 Å². The van der Waals surface area contributed by atoms with Gasteiger partial charge in [0.25, 0.3) is 0 Å². The summed E-state index contributed by atoms with van der Waals surface area (Å²) in [5.74, 6) is -2.33. The molecular formula is C14H20F2N2O3S. The number of aliphatic hydroxyl groups is 1. The average Bonchev–Trinajstić information content (AvgIpc) is 2.49. The maximum atomic E-state index is 13.1. The number of benzene rings is 1. The molecule has 1 saturated heterocycles. The summed E-state index contributed by atoms with van der Waals surface area (Å²) in [6.45, 7) is 2.01. The van der Waals surface area contributed by atoms with Crippen molar-refractivity contribution in [1.82, 2.24) is 9.62 Å². The van der Waals surface area contributed by atoms with Crippen LogP contribution in [0, 0.1) is 11.6 Å².